The van der Waals surface area contributed by atoms with E-state index in [1.54, 1.807) is 6.92 Å². The lowest BCUT2D eigenvalue weighted by Crippen LogP contribution is -2.42. The second-order valence-electron chi connectivity index (χ2n) is 3.48. The average Bonchev–Trinajstić information content (AvgIpc) is 2.28. The van der Waals surface area contributed by atoms with Crippen molar-refractivity contribution < 1.29 is 19.1 Å². The van der Waals surface area contributed by atoms with E-state index in [0.717, 1.165) is 6.54 Å². The van der Waals surface area contributed by atoms with Gasteiger partial charge in [-0.2, -0.15) is 0 Å². The second-order valence-corrected chi connectivity index (χ2v) is 3.48. The number of hydrogen-bond acceptors (Lipinski definition) is 5. The SMILES string of the molecule is CCOC(=O)CNC(=O)CC1CNCCO1.Cl. The number of carbonyl (C=O) groups excluding carboxylic acids is 2. The molecule has 1 atom stereocenters. The first-order valence-corrected chi connectivity index (χ1v) is 5.47. The fourth-order valence-corrected chi connectivity index (χ4v) is 1.41. The molecular formula is C10H19ClN2O4. The van der Waals surface area contributed by atoms with Crippen LogP contribution >= 0.6 is 12.4 Å². The van der Waals surface area contributed by atoms with Gasteiger partial charge >= 0.3 is 5.97 Å². The second kappa shape index (κ2) is 9.21. The summed E-state index contributed by atoms with van der Waals surface area (Å²) in [5.41, 5.74) is 0. The Morgan fingerprint density at radius 1 is 1.53 bits per heavy atom. The summed E-state index contributed by atoms with van der Waals surface area (Å²) >= 11 is 0. The van der Waals surface area contributed by atoms with Gasteiger partial charge in [0, 0.05) is 13.1 Å². The van der Waals surface area contributed by atoms with Gasteiger partial charge in [-0.1, -0.05) is 0 Å². The summed E-state index contributed by atoms with van der Waals surface area (Å²) in [6.07, 6.45) is 0.169. The van der Waals surface area contributed by atoms with E-state index in [-0.39, 0.29) is 37.4 Å². The smallest absolute Gasteiger partial charge is 0.325 e. The van der Waals surface area contributed by atoms with Crippen LogP contribution in [0.15, 0.2) is 0 Å². The quantitative estimate of drug-likeness (QED) is 0.654. The Bertz CT molecular complexity index is 244. The van der Waals surface area contributed by atoms with Crippen LogP contribution in [0.5, 0.6) is 0 Å². The average molecular weight is 267 g/mol. The molecule has 6 nitrogen and oxygen atoms in total. The van der Waals surface area contributed by atoms with Gasteiger partial charge in [0.2, 0.25) is 5.91 Å². The Hall–Kier alpha value is -0.850. The molecule has 1 saturated heterocycles. The lowest BCUT2D eigenvalue weighted by Gasteiger charge is -2.22. The molecule has 0 spiro atoms. The first kappa shape index (κ1) is 16.1. The van der Waals surface area contributed by atoms with E-state index < -0.39 is 5.97 Å². The molecule has 0 radical (unpaired) electrons. The first-order valence-electron chi connectivity index (χ1n) is 5.47. The Kier molecular flexibility index (Phi) is 8.75. The van der Waals surface area contributed by atoms with Crippen molar-refractivity contribution in [3.63, 3.8) is 0 Å². The Morgan fingerprint density at radius 2 is 2.29 bits per heavy atom. The summed E-state index contributed by atoms with van der Waals surface area (Å²) in [5.74, 6) is -0.611. The number of ether oxygens (including phenoxy) is 2. The minimum Gasteiger partial charge on any atom is -0.465 e. The highest BCUT2D eigenvalue weighted by atomic mass is 35.5. The first-order chi connectivity index (χ1) is 7.72. The van der Waals surface area contributed by atoms with Crippen molar-refractivity contribution in [3.05, 3.63) is 0 Å². The molecule has 0 saturated carbocycles. The van der Waals surface area contributed by atoms with E-state index in [0.29, 0.717) is 19.8 Å². The zero-order valence-electron chi connectivity index (χ0n) is 9.86. The lowest BCUT2D eigenvalue weighted by molar-refractivity contribution is -0.143. The molecule has 0 bridgehead atoms. The van der Waals surface area contributed by atoms with Crippen LogP contribution in [0.25, 0.3) is 0 Å². The third kappa shape index (κ3) is 7.14. The molecule has 0 aromatic carbocycles. The largest absolute Gasteiger partial charge is 0.465 e. The molecule has 2 N–H and O–H groups in total. The Morgan fingerprint density at radius 3 is 2.88 bits per heavy atom. The van der Waals surface area contributed by atoms with Crippen LogP contribution in [-0.2, 0) is 19.1 Å². The molecule has 1 aliphatic heterocycles. The molecular weight excluding hydrogens is 248 g/mol. The normalized spacial score (nSPS) is 19.0. The summed E-state index contributed by atoms with van der Waals surface area (Å²) in [6.45, 7) is 4.09. The van der Waals surface area contributed by atoms with E-state index in [1.165, 1.54) is 0 Å². The third-order valence-electron chi connectivity index (χ3n) is 2.15. The van der Waals surface area contributed by atoms with Gasteiger partial charge in [-0.05, 0) is 6.92 Å². The van der Waals surface area contributed by atoms with Crippen LogP contribution in [-0.4, -0.2) is 50.8 Å². The molecule has 1 unspecified atom stereocenters. The molecule has 1 amide bonds. The number of amides is 1. The summed E-state index contributed by atoms with van der Waals surface area (Å²) in [5, 5.41) is 5.62. The Balaban J connectivity index is 0.00000256. The van der Waals surface area contributed by atoms with Gasteiger partial charge in [0.25, 0.3) is 0 Å². The summed E-state index contributed by atoms with van der Waals surface area (Å²) < 4.78 is 10.0. The predicted molar refractivity (Wildman–Crippen MR) is 64.1 cm³/mol. The van der Waals surface area contributed by atoms with Crippen molar-refractivity contribution in [1.82, 2.24) is 10.6 Å². The maximum atomic E-state index is 11.4. The number of morpholine rings is 1. The van der Waals surface area contributed by atoms with Crippen molar-refractivity contribution in [3.8, 4) is 0 Å². The molecule has 100 valence electrons. The predicted octanol–water partition coefficient (Wildman–Crippen LogP) is -0.534. The summed E-state index contributed by atoms with van der Waals surface area (Å²) in [7, 11) is 0. The van der Waals surface area contributed by atoms with Gasteiger partial charge in [-0.15, -0.1) is 12.4 Å². The topological polar surface area (TPSA) is 76.7 Å². The van der Waals surface area contributed by atoms with Crippen LogP contribution in [0, 0.1) is 0 Å². The fraction of sp³-hybridized carbons (Fsp3) is 0.800. The van der Waals surface area contributed by atoms with Gasteiger partial charge in [0.1, 0.15) is 6.54 Å². The number of esters is 1. The zero-order valence-corrected chi connectivity index (χ0v) is 10.7. The van der Waals surface area contributed by atoms with Crippen LogP contribution in [0.2, 0.25) is 0 Å². The highest BCUT2D eigenvalue weighted by Gasteiger charge is 2.17. The molecule has 1 fully saturated rings. The molecule has 0 aromatic rings. The van der Waals surface area contributed by atoms with Crippen LogP contribution in [0.3, 0.4) is 0 Å². The van der Waals surface area contributed by atoms with Gasteiger partial charge in [-0.3, -0.25) is 9.59 Å². The van der Waals surface area contributed by atoms with Gasteiger partial charge < -0.3 is 20.1 Å². The highest BCUT2D eigenvalue weighted by molar-refractivity contribution is 5.85. The maximum absolute atomic E-state index is 11.4. The minimum atomic E-state index is -0.418. The van der Waals surface area contributed by atoms with Gasteiger partial charge in [-0.25, -0.2) is 0 Å². The summed E-state index contributed by atoms with van der Waals surface area (Å²) in [6, 6.07) is 0. The van der Waals surface area contributed by atoms with Crippen LogP contribution in [0.1, 0.15) is 13.3 Å². The van der Waals surface area contributed by atoms with E-state index in [9.17, 15) is 9.59 Å². The fourth-order valence-electron chi connectivity index (χ4n) is 1.41. The van der Waals surface area contributed by atoms with E-state index in [2.05, 4.69) is 15.4 Å². The van der Waals surface area contributed by atoms with Crippen molar-refractivity contribution in [2.45, 2.75) is 19.4 Å². The number of rotatable bonds is 5. The van der Waals surface area contributed by atoms with Gasteiger partial charge in [0.15, 0.2) is 0 Å². The van der Waals surface area contributed by atoms with E-state index in [4.69, 9.17) is 4.74 Å². The number of halogens is 1. The zero-order chi connectivity index (χ0) is 11.8. The number of hydrogen-bond donors (Lipinski definition) is 2. The minimum absolute atomic E-state index is 0. The maximum Gasteiger partial charge on any atom is 0.325 e. The number of nitrogens with one attached hydrogen (secondary N) is 2. The van der Waals surface area contributed by atoms with Crippen LogP contribution < -0.4 is 10.6 Å². The molecule has 7 heteroatoms. The van der Waals surface area contributed by atoms with Gasteiger partial charge in [0.05, 0.1) is 25.7 Å². The third-order valence-corrected chi connectivity index (χ3v) is 2.15. The molecule has 0 aliphatic carbocycles. The lowest BCUT2D eigenvalue weighted by atomic mass is 10.2. The summed E-state index contributed by atoms with van der Waals surface area (Å²) in [4.78, 5) is 22.4. The molecule has 1 heterocycles. The van der Waals surface area contributed by atoms with Crippen molar-refractivity contribution in [1.29, 1.82) is 0 Å². The van der Waals surface area contributed by atoms with Crippen molar-refractivity contribution >= 4 is 24.3 Å². The Labute approximate surface area is 107 Å². The number of carbonyl (C=O) groups is 2. The van der Waals surface area contributed by atoms with Crippen molar-refractivity contribution in [2.24, 2.45) is 0 Å². The molecule has 1 rings (SSSR count). The molecule has 17 heavy (non-hydrogen) atoms. The standard InChI is InChI=1S/C10H18N2O4.ClH/c1-2-15-10(14)7-12-9(13)5-8-6-11-3-4-16-8;/h8,11H,2-7H2,1H3,(H,12,13);1H. The molecule has 0 aromatic heterocycles. The molecule has 1 aliphatic rings. The van der Waals surface area contributed by atoms with E-state index in [1.807, 2.05) is 0 Å². The highest BCUT2D eigenvalue weighted by Crippen LogP contribution is 2.00. The van der Waals surface area contributed by atoms with Crippen LogP contribution in [0.4, 0.5) is 0 Å². The van der Waals surface area contributed by atoms with Crippen molar-refractivity contribution in [2.75, 3.05) is 32.8 Å². The monoisotopic (exact) mass is 266 g/mol. The van der Waals surface area contributed by atoms with E-state index >= 15 is 0 Å².